The van der Waals surface area contributed by atoms with E-state index >= 15 is 0 Å². The smallest absolute Gasteiger partial charge is 0.349 e. The summed E-state index contributed by atoms with van der Waals surface area (Å²) in [6, 6.07) is 12.4. The monoisotopic (exact) mass is 600 g/mol. The van der Waals surface area contributed by atoms with E-state index in [1.807, 2.05) is 30.3 Å². The van der Waals surface area contributed by atoms with Crippen molar-refractivity contribution in [2.24, 2.45) is 0 Å². The summed E-state index contributed by atoms with van der Waals surface area (Å²) in [5.41, 5.74) is -0.973. The van der Waals surface area contributed by atoms with Gasteiger partial charge in [-0.3, -0.25) is 9.69 Å². The van der Waals surface area contributed by atoms with Crippen LogP contribution < -0.4 is 15.8 Å². The molecule has 230 valence electrons. The number of methoxy groups -OCH3 is 2. The Labute approximate surface area is 254 Å². The third kappa shape index (κ3) is 5.44. The molecule has 1 N–H and O–H groups in total. The Hall–Kier alpha value is -4.60. The highest BCUT2D eigenvalue weighted by Crippen LogP contribution is 2.40. The first-order valence-electron chi connectivity index (χ1n) is 15.3. The number of benzene rings is 2. The van der Waals surface area contributed by atoms with Crippen LogP contribution in [0.25, 0.3) is 21.7 Å². The van der Waals surface area contributed by atoms with Crippen LogP contribution >= 0.6 is 0 Å². The van der Waals surface area contributed by atoms with Gasteiger partial charge in [0.2, 0.25) is 11.8 Å². The first kappa shape index (κ1) is 29.5. The quantitative estimate of drug-likeness (QED) is 0.138. The molecule has 4 aromatic rings. The fourth-order valence-corrected chi connectivity index (χ4v) is 6.60. The SMILES string of the molecule is COC(=O)c1c(NC2CCCCC2)oc(N(C(=O)c2cc3ccc4ccccc4c3oc2=O)C2CCCCC2)c1C(=O)OC. The molecule has 6 rings (SSSR count). The van der Waals surface area contributed by atoms with Crippen molar-refractivity contribution >= 4 is 51.4 Å². The fraction of sp³-hybridized carbons (Fsp3) is 0.412. The fourth-order valence-electron chi connectivity index (χ4n) is 6.60. The van der Waals surface area contributed by atoms with Gasteiger partial charge >= 0.3 is 17.6 Å². The maximum absolute atomic E-state index is 14.5. The van der Waals surface area contributed by atoms with Crippen LogP contribution in [-0.4, -0.2) is 44.1 Å². The van der Waals surface area contributed by atoms with Gasteiger partial charge in [0.05, 0.1) is 14.2 Å². The summed E-state index contributed by atoms with van der Waals surface area (Å²) in [5, 5.41) is 5.54. The number of rotatable bonds is 7. The molecule has 0 radical (unpaired) electrons. The van der Waals surface area contributed by atoms with Crippen LogP contribution in [0.1, 0.15) is 95.3 Å². The lowest BCUT2D eigenvalue weighted by Crippen LogP contribution is -2.44. The second-order valence-corrected chi connectivity index (χ2v) is 11.6. The van der Waals surface area contributed by atoms with Crippen LogP contribution in [0.2, 0.25) is 0 Å². The number of hydrogen-bond acceptors (Lipinski definition) is 9. The zero-order valence-corrected chi connectivity index (χ0v) is 25.0. The molecule has 2 aliphatic carbocycles. The van der Waals surface area contributed by atoms with Crippen LogP contribution in [0.5, 0.6) is 0 Å². The Morgan fingerprint density at radius 3 is 2.14 bits per heavy atom. The van der Waals surface area contributed by atoms with Gasteiger partial charge in [-0.15, -0.1) is 0 Å². The van der Waals surface area contributed by atoms with E-state index in [1.165, 1.54) is 25.2 Å². The number of furan rings is 1. The molecule has 44 heavy (non-hydrogen) atoms. The van der Waals surface area contributed by atoms with Gasteiger partial charge in [-0.1, -0.05) is 74.9 Å². The largest absolute Gasteiger partial charge is 0.465 e. The van der Waals surface area contributed by atoms with E-state index in [1.54, 1.807) is 6.07 Å². The van der Waals surface area contributed by atoms with Gasteiger partial charge < -0.3 is 23.6 Å². The van der Waals surface area contributed by atoms with Crippen molar-refractivity contribution in [3.8, 4) is 0 Å². The summed E-state index contributed by atoms with van der Waals surface area (Å²) in [6.45, 7) is 0. The average molecular weight is 601 g/mol. The Kier molecular flexibility index (Phi) is 8.41. The zero-order chi connectivity index (χ0) is 30.8. The molecule has 0 aliphatic heterocycles. The molecule has 0 unspecified atom stereocenters. The van der Waals surface area contributed by atoms with Gasteiger partial charge in [0.25, 0.3) is 5.91 Å². The van der Waals surface area contributed by atoms with Gasteiger partial charge in [0.15, 0.2) is 0 Å². The van der Waals surface area contributed by atoms with Crippen molar-refractivity contribution in [3.05, 3.63) is 69.6 Å². The lowest BCUT2D eigenvalue weighted by Gasteiger charge is -2.32. The number of fused-ring (bicyclic) bond motifs is 3. The molecule has 0 bridgehead atoms. The maximum Gasteiger partial charge on any atom is 0.349 e. The van der Waals surface area contributed by atoms with Gasteiger partial charge in [-0.25, -0.2) is 14.4 Å². The summed E-state index contributed by atoms with van der Waals surface area (Å²) in [7, 11) is 2.41. The van der Waals surface area contributed by atoms with E-state index in [0.29, 0.717) is 23.8 Å². The Balaban J connectivity index is 1.52. The summed E-state index contributed by atoms with van der Waals surface area (Å²) in [5.74, 6) is -2.44. The molecule has 1 amide bonds. The molecule has 2 aromatic heterocycles. The van der Waals surface area contributed by atoms with Crippen LogP contribution in [0.4, 0.5) is 11.8 Å². The number of amides is 1. The molecule has 0 atom stereocenters. The molecule has 10 nitrogen and oxygen atoms in total. The number of carbonyl (C=O) groups excluding carboxylic acids is 3. The third-order valence-corrected chi connectivity index (χ3v) is 8.84. The molecule has 2 fully saturated rings. The predicted molar refractivity (Wildman–Crippen MR) is 166 cm³/mol. The minimum Gasteiger partial charge on any atom is -0.465 e. The molecule has 10 heteroatoms. The minimum absolute atomic E-state index is 0.0119. The molecule has 2 aliphatic rings. The van der Waals surface area contributed by atoms with E-state index < -0.39 is 29.5 Å². The van der Waals surface area contributed by atoms with Gasteiger partial charge in [-0.05, 0) is 37.1 Å². The molecular formula is C34H36N2O8. The third-order valence-electron chi connectivity index (χ3n) is 8.84. The normalized spacial score (nSPS) is 16.1. The van der Waals surface area contributed by atoms with Crippen molar-refractivity contribution in [1.29, 1.82) is 0 Å². The lowest BCUT2D eigenvalue weighted by atomic mass is 9.93. The van der Waals surface area contributed by atoms with Gasteiger partial charge in [-0.2, -0.15) is 0 Å². The van der Waals surface area contributed by atoms with Crippen molar-refractivity contribution in [2.45, 2.75) is 76.3 Å². The molecule has 0 saturated heterocycles. The first-order valence-corrected chi connectivity index (χ1v) is 15.3. The second-order valence-electron chi connectivity index (χ2n) is 11.6. The Morgan fingerprint density at radius 1 is 0.795 bits per heavy atom. The minimum atomic E-state index is -0.855. The molecule has 2 saturated carbocycles. The number of esters is 2. The van der Waals surface area contributed by atoms with Gasteiger partial charge in [0, 0.05) is 22.9 Å². The molecule has 2 aromatic carbocycles. The number of carbonyl (C=O) groups is 3. The average Bonchev–Trinajstić information content (AvgIpc) is 3.42. The van der Waals surface area contributed by atoms with Crippen LogP contribution in [0.3, 0.4) is 0 Å². The van der Waals surface area contributed by atoms with E-state index in [0.717, 1.165) is 62.1 Å². The highest BCUT2D eigenvalue weighted by molar-refractivity contribution is 6.15. The highest BCUT2D eigenvalue weighted by atomic mass is 16.5. The summed E-state index contributed by atoms with van der Waals surface area (Å²) >= 11 is 0. The summed E-state index contributed by atoms with van der Waals surface area (Å²) < 4.78 is 22.3. The first-order chi connectivity index (χ1) is 21.4. The standard InChI is InChI=1S/C34H36N2O8/c1-41-33(39)26-27(34(40)42-2)31(44-29(26)35-22-12-5-3-6-13-22)36(23-14-7-4-8-15-23)30(37)25-19-21-18-17-20-11-9-10-16-24(20)28(21)43-32(25)38/h9-11,16-19,22-23,35H,3-8,12-15H2,1-2H3. The predicted octanol–water partition coefficient (Wildman–Crippen LogP) is 6.84. The number of ether oxygens (including phenoxy) is 2. The van der Waals surface area contributed by atoms with Crippen molar-refractivity contribution in [3.63, 3.8) is 0 Å². The molecule has 0 spiro atoms. The maximum atomic E-state index is 14.5. The molecular weight excluding hydrogens is 564 g/mol. The highest BCUT2D eigenvalue weighted by Gasteiger charge is 2.41. The number of nitrogens with zero attached hydrogens (tertiary/aromatic N) is 1. The van der Waals surface area contributed by atoms with E-state index in [4.69, 9.17) is 18.3 Å². The number of nitrogens with one attached hydrogen (secondary N) is 1. The van der Waals surface area contributed by atoms with Gasteiger partial charge in [0.1, 0.15) is 22.3 Å². The van der Waals surface area contributed by atoms with Crippen LogP contribution in [-0.2, 0) is 9.47 Å². The lowest BCUT2D eigenvalue weighted by molar-refractivity contribution is 0.0557. The van der Waals surface area contributed by atoms with E-state index in [-0.39, 0.29) is 34.5 Å². The van der Waals surface area contributed by atoms with Crippen molar-refractivity contribution < 1.29 is 32.7 Å². The second kappa shape index (κ2) is 12.6. The topological polar surface area (TPSA) is 128 Å². The number of hydrogen-bond donors (Lipinski definition) is 1. The van der Waals surface area contributed by atoms with E-state index in [9.17, 15) is 19.2 Å². The van der Waals surface area contributed by atoms with Crippen molar-refractivity contribution in [1.82, 2.24) is 0 Å². The summed E-state index contributed by atoms with van der Waals surface area (Å²) in [6.07, 6.45) is 8.80. The van der Waals surface area contributed by atoms with Crippen LogP contribution in [0, 0.1) is 0 Å². The van der Waals surface area contributed by atoms with E-state index in [2.05, 4.69) is 5.32 Å². The summed E-state index contributed by atoms with van der Waals surface area (Å²) in [4.78, 5) is 55.9. The van der Waals surface area contributed by atoms with Crippen LogP contribution in [0.15, 0.2) is 56.1 Å². The number of anilines is 2. The Bertz CT molecular complexity index is 1780. The van der Waals surface area contributed by atoms with Crippen molar-refractivity contribution in [2.75, 3.05) is 24.4 Å². The Morgan fingerprint density at radius 2 is 1.43 bits per heavy atom. The zero-order valence-electron chi connectivity index (χ0n) is 25.0. The molecule has 2 heterocycles.